The summed E-state index contributed by atoms with van der Waals surface area (Å²) in [6, 6.07) is 1.43. The molecule has 1 aliphatic rings. The largest absolute Gasteiger partial charge is 0.329 e. The van der Waals surface area contributed by atoms with Crippen LogP contribution in [0.1, 0.15) is 46.5 Å². The third kappa shape index (κ3) is 2.96. The first kappa shape index (κ1) is 12.0. The average molecular weight is 198 g/mol. The van der Waals surface area contributed by atoms with Crippen molar-refractivity contribution in [2.75, 3.05) is 13.1 Å². The maximum atomic E-state index is 5.88. The summed E-state index contributed by atoms with van der Waals surface area (Å²) in [6.07, 6.45) is 5.29. The minimum atomic E-state index is 0.627. The van der Waals surface area contributed by atoms with Crippen LogP contribution in [0.25, 0.3) is 0 Å². The van der Waals surface area contributed by atoms with Gasteiger partial charge in [0.2, 0.25) is 0 Å². The summed E-state index contributed by atoms with van der Waals surface area (Å²) in [5, 5.41) is 0. The molecule has 2 heteroatoms. The molecule has 84 valence electrons. The van der Waals surface area contributed by atoms with Crippen molar-refractivity contribution in [1.82, 2.24) is 4.90 Å². The van der Waals surface area contributed by atoms with Crippen molar-refractivity contribution in [2.45, 2.75) is 58.5 Å². The van der Waals surface area contributed by atoms with Gasteiger partial charge in [0.25, 0.3) is 0 Å². The molecule has 1 fully saturated rings. The van der Waals surface area contributed by atoms with E-state index >= 15 is 0 Å². The van der Waals surface area contributed by atoms with Gasteiger partial charge >= 0.3 is 0 Å². The van der Waals surface area contributed by atoms with Gasteiger partial charge in [0.1, 0.15) is 0 Å². The predicted octanol–water partition coefficient (Wildman–Crippen LogP) is 2.23. The van der Waals surface area contributed by atoms with E-state index in [1.807, 2.05) is 0 Å². The molecule has 0 bridgehead atoms. The van der Waals surface area contributed by atoms with E-state index in [4.69, 9.17) is 5.73 Å². The summed E-state index contributed by atoms with van der Waals surface area (Å²) in [7, 11) is 0. The lowest BCUT2D eigenvalue weighted by Gasteiger charge is -2.33. The molecule has 14 heavy (non-hydrogen) atoms. The molecule has 0 aliphatic carbocycles. The summed E-state index contributed by atoms with van der Waals surface area (Å²) in [5.41, 5.74) is 5.88. The van der Waals surface area contributed by atoms with Crippen LogP contribution in [0.2, 0.25) is 0 Å². The molecule has 0 aromatic heterocycles. The Morgan fingerprint density at radius 1 is 1.43 bits per heavy atom. The van der Waals surface area contributed by atoms with Crippen molar-refractivity contribution in [3.63, 3.8) is 0 Å². The molecule has 0 radical (unpaired) electrons. The van der Waals surface area contributed by atoms with Crippen LogP contribution in [0.3, 0.4) is 0 Å². The second kappa shape index (κ2) is 5.72. The number of nitrogens with zero attached hydrogens (tertiary/aromatic N) is 1. The minimum Gasteiger partial charge on any atom is -0.329 e. The molecule has 1 heterocycles. The van der Waals surface area contributed by atoms with E-state index < -0.39 is 0 Å². The first-order chi connectivity index (χ1) is 6.69. The van der Waals surface area contributed by atoms with Gasteiger partial charge in [-0.25, -0.2) is 0 Å². The van der Waals surface area contributed by atoms with Gasteiger partial charge < -0.3 is 5.73 Å². The van der Waals surface area contributed by atoms with Crippen LogP contribution >= 0.6 is 0 Å². The van der Waals surface area contributed by atoms with Gasteiger partial charge in [-0.05, 0) is 38.1 Å². The molecule has 0 aromatic rings. The van der Waals surface area contributed by atoms with Crippen molar-refractivity contribution in [2.24, 2.45) is 11.7 Å². The number of hydrogen-bond donors (Lipinski definition) is 1. The number of rotatable bonds is 5. The zero-order chi connectivity index (χ0) is 10.6. The Bertz CT molecular complexity index is 156. The molecule has 0 aromatic carbocycles. The molecule has 2 unspecified atom stereocenters. The fourth-order valence-electron chi connectivity index (χ4n) is 2.69. The van der Waals surface area contributed by atoms with Crippen molar-refractivity contribution in [3.05, 3.63) is 0 Å². The standard InChI is InChI=1S/C12H26N2/c1-4-11-6-5-7-14(11)12(9-13)8-10(2)3/h10-12H,4-9,13H2,1-3H3. The molecule has 1 saturated heterocycles. The topological polar surface area (TPSA) is 29.3 Å². The molecule has 2 nitrogen and oxygen atoms in total. The summed E-state index contributed by atoms with van der Waals surface area (Å²) < 4.78 is 0. The van der Waals surface area contributed by atoms with Gasteiger partial charge in [0.05, 0.1) is 0 Å². The lowest BCUT2D eigenvalue weighted by molar-refractivity contribution is 0.159. The summed E-state index contributed by atoms with van der Waals surface area (Å²) in [5.74, 6) is 0.765. The van der Waals surface area contributed by atoms with Crippen LogP contribution < -0.4 is 5.73 Å². The fraction of sp³-hybridized carbons (Fsp3) is 1.00. The SMILES string of the molecule is CCC1CCCN1C(CN)CC(C)C. The van der Waals surface area contributed by atoms with Gasteiger partial charge in [-0.3, -0.25) is 4.90 Å². The first-order valence-electron chi connectivity index (χ1n) is 6.14. The smallest absolute Gasteiger partial charge is 0.0223 e. The highest BCUT2D eigenvalue weighted by Crippen LogP contribution is 2.24. The Morgan fingerprint density at radius 3 is 2.64 bits per heavy atom. The highest BCUT2D eigenvalue weighted by molar-refractivity contribution is 4.85. The Kier molecular flexibility index (Phi) is 4.90. The average Bonchev–Trinajstić information content (AvgIpc) is 2.61. The van der Waals surface area contributed by atoms with Crippen molar-refractivity contribution < 1.29 is 0 Å². The van der Waals surface area contributed by atoms with Gasteiger partial charge in [0.15, 0.2) is 0 Å². The van der Waals surface area contributed by atoms with Crippen LogP contribution in [0.4, 0.5) is 0 Å². The van der Waals surface area contributed by atoms with Gasteiger partial charge in [-0.2, -0.15) is 0 Å². The number of nitrogens with two attached hydrogens (primary N) is 1. The quantitative estimate of drug-likeness (QED) is 0.734. The molecule has 1 aliphatic heterocycles. The molecule has 0 amide bonds. The van der Waals surface area contributed by atoms with Gasteiger partial charge in [-0.15, -0.1) is 0 Å². The lowest BCUT2D eigenvalue weighted by Crippen LogP contribution is -2.44. The van der Waals surface area contributed by atoms with E-state index in [9.17, 15) is 0 Å². The van der Waals surface area contributed by atoms with E-state index in [0.717, 1.165) is 18.5 Å². The van der Waals surface area contributed by atoms with E-state index in [0.29, 0.717) is 6.04 Å². The van der Waals surface area contributed by atoms with Crippen LogP contribution in [0.15, 0.2) is 0 Å². The first-order valence-corrected chi connectivity index (χ1v) is 6.14. The molecular weight excluding hydrogens is 172 g/mol. The van der Waals surface area contributed by atoms with Crippen molar-refractivity contribution in [3.8, 4) is 0 Å². The predicted molar refractivity (Wildman–Crippen MR) is 62.3 cm³/mol. The second-order valence-electron chi connectivity index (χ2n) is 4.96. The number of hydrogen-bond acceptors (Lipinski definition) is 2. The maximum Gasteiger partial charge on any atom is 0.0223 e. The third-order valence-electron chi connectivity index (χ3n) is 3.38. The zero-order valence-corrected chi connectivity index (χ0v) is 10.00. The van der Waals surface area contributed by atoms with E-state index in [1.165, 1.54) is 32.2 Å². The summed E-state index contributed by atoms with van der Waals surface area (Å²) in [4.78, 5) is 2.65. The highest BCUT2D eigenvalue weighted by atomic mass is 15.2. The normalized spacial score (nSPS) is 25.9. The Labute approximate surface area is 88.8 Å². The van der Waals surface area contributed by atoms with Crippen molar-refractivity contribution >= 4 is 0 Å². The Morgan fingerprint density at radius 2 is 2.14 bits per heavy atom. The molecule has 2 N–H and O–H groups in total. The number of likely N-dealkylation sites (tertiary alicyclic amines) is 1. The van der Waals surface area contributed by atoms with Crippen LogP contribution in [-0.2, 0) is 0 Å². The Hall–Kier alpha value is -0.0800. The fourth-order valence-corrected chi connectivity index (χ4v) is 2.69. The lowest BCUT2D eigenvalue weighted by atomic mass is 10.0. The van der Waals surface area contributed by atoms with Crippen LogP contribution in [0.5, 0.6) is 0 Å². The van der Waals surface area contributed by atoms with Gasteiger partial charge in [0, 0.05) is 18.6 Å². The molecular formula is C12H26N2. The minimum absolute atomic E-state index is 0.627. The Balaban J connectivity index is 2.49. The van der Waals surface area contributed by atoms with Crippen LogP contribution in [-0.4, -0.2) is 30.1 Å². The molecule has 0 saturated carbocycles. The van der Waals surface area contributed by atoms with Crippen molar-refractivity contribution in [1.29, 1.82) is 0 Å². The van der Waals surface area contributed by atoms with Gasteiger partial charge in [-0.1, -0.05) is 20.8 Å². The summed E-state index contributed by atoms with van der Waals surface area (Å²) >= 11 is 0. The molecule has 0 spiro atoms. The van der Waals surface area contributed by atoms with E-state index in [-0.39, 0.29) is 0 Å². The van der Waals surface area contributed by atoms with E-state index in [1.54, 1.807) is 0 Å². The second-order valence-corrected chi connectivity index (χ2v) is 4.96. The molecule has 1 rings (SSSR count). The monoisotopic (exact) mass is 198 g/mol. The van der Waals surface area contributed by atoms with E-state index in [2.05, 4.69) is 25.7 Å². The zero-order valence-electron chi connectivity index (χ0n) is 10.00. The molecule has 2 atom stereocenters. The third-order valence-corrected chi connectivity index (χ3v) is 3.38. The summed E-state index contributed by atoms with van der Waals surface area (Å²) in [6.45, 7) is 8.98. The maximum absolute atomic E-state index is 5.88. The van der Waals surface area contributed by atoms with Crippen LogP contribution in [0, 0.1) is 5.92 Å². The highest BCUT2D eigenvalue weighted by Gasteiger charge is 2.28.